The van der Waals surface area contributed by atoms with Crippen LogP contribution in [0.1, 0.15) is 23.2 Å². The number of carbonyl (C=O) groups excluding carboxylic acids is 1. The summed E-state index contributed by atoms with van der Waals surface area (Å²) in [5, 5.41) is 0. The maximum Gasteiger partial charge on any atom is 0.258 e. The Bertz CT molecular complexity index is 787. The van der Waals surface area contributed by atoms with Crippen molar-refractivity contribution >= 4 is 11.7 Å². The summed E-state index contributed by atoms with van der Waals surface area (Å²) in [5.74, 6) is -2.30. The molecular weight excluding hydrogens is 338 g/mol. The van der Waals surface area contributed by atoms with Crippen molar-refractivity contribution in [2.75, 3.05) is 31.1 Å². The Morgan fingerprint density at radius 1 is 1.00 bits per heavy atom. The van der Waals surface area contributed by atoms with E-state index >= 15 is 0 Å². The molecule has 0 aliphatic carbocycles. The molecule has 2 saturated heterocycles. The fourth-order valence-electron chi connectivity index (χ4n) is 3.99. The second kappa shape index (κ2) is 6.30. The number of hydrogen-bond donors (Lipinski definition) is 0. The molecule has 1 spiro atoms. The van der Waals surface area contributed by atoms with Crippen LogP contribution in [0.25, 0.3) is 0 Å². The molecule has 0 radical (unpaired) electrons. The molecule has 26 heavy (non-hydrogen) atoms. The second-order valence-electron chi connectivity index (χ2n) is 7.06. The Morgan fingerprint density at radius 2 is 1.81 bits per heavy atom. The molecule has 0 unspecified atom stereocenters. The van der Waals surface area contributed by atoms with Crippen molar-refractivity contribution in [2.24, 2.45) is 5.41 Å². The summed E-state index contributed by atoms with van der Waals surface area (Å²) in [6, 6.07) is 8.73. The lowest BCUT2D eigenvalue weighted by molar-refractivity contribution is -0.150. The predicted molar refractivity (Wildman–Crippen MR) is 93.2 cm³/mol. The lowest BCUT2D eigenvalue weighted by atomic mass is 9.75. The van der Waals surface area contributed by atoms with E-state index in [9.17, 15) is 13.6 Å². The molecule has 4 rings (SSSR count). The van der Waals surface area contributed by atoms with Gasteiger partial charge in [0.2, 0.25) is 0 Å². The largest absolute Gasteiger partial charge is 0.356 e. The third kappa shape index (κ3) is 2.81. The van der Waals surface area contributed by atoms with Crippen molar-refractivity contribution in [3.05, 3.63) is 54.5 Å². The lowest BCUT2D eigenvalue weighted by Crippen LogP contribution is -2.58. The van der Waals surface area contributed by atoms with Gasteiger partial charge in [0.1, 0.15) is 5.82 Å². The molecule has 7 heteroatoms. The Balaban J connectivity index is 1.57. The number of piperidine rings is 1. The molecule has 2 aliphatic rings. The van der Waals surface area contributed by atoms with Crippen LogP contribution in [0.4, 0.5) is 14.6 Å². The van der Waals surface area contributed by atoms with Crippen LogP contribution in [0.3, 0.4) is 0 Å². The number of likely N-dealkylation sites (tertiary alicyclic amines) is 1. The van der Waals surface area contributed by atoms with Gasteiger partial charge in [-0.2, -0.15) is 0 Å². The Labute approximate surface area is 150 Å². The van der Waals surface area contributed by atoms with Crippen molar-refractivity contribution in [1.82, 2.24) is 14.9 Å². The predicted octanol–water partition coefficient (Wildman–Crippen LogP) is 2.85. The zero-order valence-electron chi connectivity index (χ0n) is 14.3. The fourth-order valence-corrected chi connectivity index (χ4v) is 3.99. The van der Waals surface area contributed by atoms with Crippen LogP contribution in [0.2, 0.25) is 0 Å². The van der Waals surface area contributed by atoms with Crippen molar-refractivity contribution in [3.8, 4) is 0 Å². The number of amides is 1. The molecule has 0 saturated carbocycles. The van der Waals surface area contributed by atoms with Crippen LogP contribution in [-0.2, 0) is 0 Å². The first kappa shape index (κ1) is 16.9. The minimum Gasteiger partial charge on any atom is -0.356 e. The van der Waals surface area contributed by atoms with E-state index in [4.69, 9.17) is 0 Å². The minimum atomic E-state index is -2.80. The van der Waals surface area contributed by atoms with Crippen molar-refractivity contribution in [3.63, 3.8) is 0 Å². The molecule has 2 aromatic rings. The van der Waals surface area contributed by atoms with E-state index in [0.717, 1.165) is 0 Å². The van der Waals surface area contributed by atoms with Crippen LogP contribution in [0.5, 0.6) is 0 Å². The molecule has 0 aromatic carbocycles. The monoisotopic (exact) mass is 358 g/mol. The summed E-state index contributed by atoms with van der Waals surface area (Å²) < 4.78 is 29.8. The van der Waals surface area contributed by atoms with Crippen LogP contribution < -0.4 is 4.90 Å². The van der Waals surface area contributed by atoms with Crippen molar-refractivity contribution in [1.29, 1.82) is 0 Å². The van der Waals surface area contributed by atoms with Gasteiger partial charge >= 0.3 is 0 Å². The van der Waals surface area contributed by atoms with Crippen LogP contribution >= 0.6 is 0 Å². The highest BCUT2D eigenvalue weighted by Crippen LogP contribution is 2.50. The second-order valence-corrected chi connectivity index (χ2v) is 7.06. The van der Waals surface area contributed by atoms with Gasteiger partial charge in [0, 0.05) is 56.8 Å². The lowest BCUT2D eigenvalue weighted by Gasteiger charge is -2.45. The summed E-state index contributed by atoms with van der Waals surface area (Å²) in [6.07, 6.45) is 4.79. The summed E-state index contributed by atoms with van der Waals surface area (Å²) in [7, 11) is 0. The van der Waals surface area contributed by atoms with Gasteiger partial charge in [0.25, 0.3) is 11.8 Å². The van der Waals surface area contributed by atoms with Crippen molar-refractivity contribution in [2.45, 2.75) is 18.8 Å². The summed E-state index contributed by atoms with van der Waals surface area (Å²) in [4.78, 5) is 24.4. The minimum absolute atomic E-state index is 0.0600. The summed E-state index contributed by atoms with van der Waals surface area (Å²) in [5.41, 5.74) is -0.745. The van der Waals surface area contributed by atoms with E-state index in [1.165, 1.54) is 0 Å². The first-order valence-electron chi connectivity index (χ1n) is 8.74. The molecule has 4 heterocycles. The molecule has 1 atom stereocenters. The summed E-state index contributed by atoms with van der Waals surface area (Å²) >= 11 is 0. The first-order valence-corrected chi connectivity index (χ1v) is 8.74. The third-order valence-corrected chi connectivity index (χ3v) is 5.51. The number of halogens is 2. The van der Waals surface area contributed by atoms with E-state index in [0.29, 0.717) is 24.3 Å². The SMILES string of the molecule is O=C(c1ccncc1)N1CCC(F)(F)[C@@]2(CCN(c3ccccn3)C2)C1. The van der Waals surface area contributed by atoms with Crippen LogP contribution in [-0.4, -0.2) is 52.9 Å². The normalized spacial score (nSPS) is 24.8. The van der Waals surface area contributed by atoms with Crippen LogP contribution in [0, 0.1) is 5.41 Å². The first-order chi connectivity index (χ1) is 12.5. The maximum atomic E-state index is 14.9. The molecule has 0 N–H and O–H groups in total. The third-order valence-electron chi connectivity index (χ3n) is 5.51. The molecule has 2 aliphatic heterocycles. The molecule has 1 amide bonds. The molecule has 2 aromatic heterocycles. The smallest absolute Gasteiger partial charge is 0.258 e. The van der Waals surface area contributed by atoms with Gasteiger partial charge < -0.3 is 9.80 Å². The van der Waals surface area contributed by atoms with Gasteiger partial charge in [-0.25, -0.2) is 13.8 Å². The zero-order valence-corrected chi connectivity index (χ0v) is 14.3. The highest BCUT2D eigenvalue weighted by molar-refractivity contribution is 5.94. The van der Waals surface area contributed by atoms with E-state index in [1.807, 2.05) is 17.0 Å². The number of pyridine rings is 2. The number of nitrogens with zero attached hydrogens (tertiary/aromatic N) is 4. The quantitative estimate of drug-likeness (QED) is 0.828. The highest BCUT2D eigenvalue weighted by atomic mass is 19.3. The number of alkyl halides is 2. The van der Waals surface area contributed by atoms with E-state index in [-0.39, 0.29) is 32.0 Å². The summed E-state index contributed by atoms with van der Waals surface area (Å²) in [6.45, 7) is 0.852. The Hall–Kier alpha value is -2.57. The standard InChI is InChI=1S/C19H20F2N4O/c20-19(21)7-12-25(17(26)15-4-9-22-10-5-15)14-18(19)6-11-24(13-18)16-3-1-2-8-23-16/h1-5,8-10H,6-7,11-14H2/t18-/m1/s1. The molecular formula is C19H20F2N4O. The Morgan fingerprint density at radius 3 is 2.54 bits per heavy atom. The number of carbonyl (C=O) groups is 1. The van der Waals surface area contributed by atoms with Gasteiger partial charge in [-0.05, 0) is 30.7 Å². The van der Waals surface area contributed by atoms with Gasteiger partial charge in [0.05, 0.1) is 5.41 Å². The van der Waals surface area contributed by atoms with Crippen molar-refractivity contribution < 1.29 is 13.6 Å². The number of anilines is 1. The highest BCUT2D eigenvalue weighted by Gasteiger charge is 2.60. The van der Waals surface area contributed by atoms with Gasteiger partial charge in [0.15, 0.2) is 0 Å². The average molecular weight is 358 g/mol. The zero-order chi connectivity index (χ0) is 18.2. The maximum absolute atomic E-state index is 14.9. The van der Waals surface area contributed by atoms with Gasteiger partial charge in [-0.3, -0.25) is 9.78 Å². The number of hydrogen-bond acceptors (Lipinski definition) is 4. The van der Waals surface area contributed by atoms with Gasteiger partial charge in [-0.1, -0.05) is 6.07 Å². The molecule has 136 valence electrons. The van der Waals surface area contributed by atoms with E-state index in [2.05, 4.69) is 9.97 Å². The van der Waals surface area contributed by atoms with E-state index in [1.54, 1.807) is 41.7 Å². The van der Waals surface area contributed by atoms with Crippen LogP contribution in [0.15, 0.2) is 48.9 Å². The molecule has 2 fully saturated rings. The Kier molecular flexibility index (Phi) is 4.09. The molecule has 5 nitrogen and oxygen atoms in total. The number of rotatable bonds is 2. The van der Waals surface area contributed by atoms with E-state index < -0.39 is 11.3 Å². The van der Waals surface area contributed by atoms with Gasteiger partial charge in [-0.15, -0.1) is 0 Å². The fraction of sp³-hybridized carbons (Fsp3) is 0.421. The topological polar surface area (TPSA) is 49.3 Å². The average Bonchev–Trinajstić information content (AvgIpc) is 3.11. The molecule has 0 bridgehead atoms. The number of aromatic nitrogens is 2.